The molecular weight excluding hydrogens is 413 g/mol. The number of fused-ring (bicyclic) bond motifs is 2. The van der Waals surface area contributed by atoms with E-state index in [1.54, 1.807) is 0 Å². The van der Waals surface area contributed by atoms with Gasteiger partial charge in [0.05, 0.1) is 5.56 Å². The summed E-state index contributed by atoms with van der Waals surface area (Å²) in [5.41, 5.74) is 2.41. The molecule has 8 nitrogen and oxygen atoms in total. The topological polar surface area (TPSA) is 102 Å². The Labute approximate surface area is 172 Å². The molecule has 0 aliphatic heterocycles. The molecule has 31 heavy (non-hydrogen) atoms. The van der Waals surface area contributed by atoms with Crippen LogP contribution in [0.5, 0.6) is 0 Å². The van der Waals surface area contributed by atoms with Crippen LogP contribution in [0, 0.1) is 0 Å². The van der Waals surface area contributed by atoms with Gasteiger partial charge in [-0.1, -0.05) is 52.2 Å². The SMILES string of the molecule is On1nnc2c(C(F)(F)F)cccc21.On1nnc2cc(Cc3ccccc3)ccc21. The molecule has 0 saturated heterocycles. The molecule has 0 saturated carbocycles. The van der Waals surface area contributed by atoms with Crippen LogP contribution in [0.25, 0.3) is 22.1 Å². The summed E-state index contributed by atoms with van der Waals surface area (Å²) in [7, 11) is 0. The first-order valence-corrected chi connectivity index (χ1v) is 9.01. The van der Waals surface area contributed by atoms with Gasteiger partial charge < -0.3 is 10.4 Å². The minimum atomic E-state index is -4.49. The molecule has 0 spiro atoms. The van der Waals surface area contributed by atoms with E-state index in [0.717, 1.165) is 22.9 Å². The van der Waals surface area contributed by atoms with E-state index in [-0.39, 0.29) is 11.0 Å². The van der Waals surface area contributed by atoms with Gasteiger partial charge in [-0.3, -0.25) is 0 Å². The second-order valence-corrected chi connectivity index (χ2v) is 6.61. The summed E-state index contributed by atoms with van der Waals surface area (Å²) in [6.07, 6.45) is -3.63. The van der Waals surface area contributed by atoms with Crippen molar-refractivity contribution in [3.63, 3.8) is 0 Å². The lowest BCUT2D eigenvalue weighted by molar-refractivity contribution is -0.136. The molecule has 11 heteroatoms. The van der Waals surface area contributed by atoms with E-state index in [0.29, 0.717) is 15.9 Å². The molecule has 0 bridgehead atoms. The second-order valence-electron chi connectivity index (χ2n) is 6.61. The monoisotopic (exact) mass is 428 g/mol. The zero-order valence-corrected chi connectivity index (χ0v) is 15.8. The zero-order chi connectivity index (χ0) is 22.0. The number of aromatic nitrogens is 6. The third kappa shape index (κ3) is 4.25. The van der Waals surface area contributed by atoms with Crippen molar-refractivity contribution in [2.24, 2.45) is 0 Å². The van der Waals surface area contributed by atoms with Crippen LogP contribution in [-0.4, -0.2) is 40.7 Å². The number of halogens is 3. The Bertz CT molecular complexity index is 1330. The van der Waals surface area contributed by atoms with Crippen molar-refractivity contribution in [2.45, 2.75) is 12.6 Å². The molecule has 2 aromatic heterocycles. The summed E-state index contributed by atoms with van der Waals surface area (Å²) in [5.74, 6) is 0. The molecule has 0 unspecified atom stereocenters. The fraction of sp³-hybridized carbons (Fsp3) is 0.100. The molecule has 3 aromatic carbocycles. The zero-order valence-electron chi connectivity index (χ0n) is 15.8. The molecular formula is C20H15F3N6O2. The van der Waals surface area contributed by atoms with Crippen molar-refractivity contribution in [3.05, 3.63) is 83.4 Å². The summed E-state index contributed by atoms with van der Waals surface area (Å²) in [5, 5.41) is 32.1. The van der Waals surface area contributed by atoms with Gasteiger partial charge in [-0.2, -0.15) is 13.2 Å². The van der Waals surface area contributed by atoms with E-state index in [2.05, 4.69) is 32.8 Å². The Hall–Kier alpha value is -4.15. The number of rotatable bonds is 2. The molecule has 0 aliphatic carbocycles. The van der Waals surface area contributed by atoms with Crippen LogP contribution >= 0.6 is 0 Å². The molecule has 2 N–H and O–H groups in total. The Kier molecular flexibility index (Phi) is 5.15. The van der Waals surface area contributed by atoms with Gasteiger partial charge in [-0.25, -0.2) is 0 Å². The highest BCUT2D eigenvalue weighted by molar-refractivity contribution is 5.78. The number of nitrogens with zero attached hydrogens (tertiary/aromatic N) is 6. The predicted octanol–water partition coefficient (Wildman–Crippen LogP) is 3.95. The van der Waals surface area contributed by atoms with E-state index in [1.807, 2.05) is 36.4 Å². The van der Waals surface area contributed by atoms with E-state index in [9.17, 15) is 18.4 Å². The maximum absolute atomic E-state index is 12.4. The maximum Gasteiger partial charge on any atom is 0.418 e. The highest BCUT2D eigenvalue weighted by Crippen LogP contribution is 2.33. The van der Waals surface area contributed by atoms with Gasteiger partial charge in [0.1, 0.15) is 22.1 Å². The Morgan fingerprint density at radius 1 is 0.742 bits per heavy atom. The lowest BCUT2D eigenvalue weighted by Gasteiger charge is -2.05. The maximum atomic E-state index is 12.4. The van der Waals surface area contributed by atoms with Crippen LogP contribution in [0.3, 0.4) is 0 Å². The molecule has 2 heterocycles. The quantitative estimate of drug-likeness (QED) is 0.413. The van der Waals surface area contributed by atoms with Gasteiger partial charge in [0, 0.05) is 0 Å². The molecule has 0 atom stereocenters. The third-order valence-corrected chi connectivity index (χ3v) is 4.51. The van der Waals surface area contributed by atoms with Gasteiger partial charge in [-0.05, 0) is 52.2 Å². The van der Waals surface area contributed by atoms with Crippen molar-refractivity contribution in [2.75, 3.05) is 0 Å². The summed E-state index contributed by atoms with van der Waals surface area (Å²) in [4.78, 5) is 1.10. The molecule has 0 amide bonds. The van der Waals surface area contributed by atoms with Crippen molar-refractivity contribution in [1.29, 1.82) is 0 Å². The van der Waals surface area contributed by atoms with Gasteiger partial charge >= 0.3 is 6.18 Å². The van der Waals surface area contributed by atoms with Crippen LogP contribution in [0.4, 0.5) is 13.2 Å². The Morgan fingerprint density at radius 3 is 2.19 bits per heavy atom. The average molecular weight is 428 g/mol. The van der Waals surface area contributed by atoms with Crippen LogP contribution in [0.1, 0.15) is 16.7 Å². The molecule has 5 aromatic rings. The summed E-state index contributed by atoms with van der Waals surface area (Å²) in [6.45, 7) is 0. The number of alkyl halides is 3. The summed E-state index contributed by atoms with van der Waals surface area (Å²) in [6, 6.07) is 19.4. The first-order chi connectivity index (χ1) is 14.8. The molecule has 5 rings (SSSR count). The third-order valence-electron chi connectivity index (χ3n) is 4.51. The Morgan fingerprint density at radius 2 is 1.45 bits per heavy atom. The number of benzene rings is 3. The largest absolute Gasteiger partial charge is 0.418 e. The van der Waals surface area contributed by atoms with Gasteiger partial charge in [-0.15, -0.1) is 10.2 Å². The van der Waals surface area contributed by atoms with Crippen molar-refractivity contribution in [3.8, 4) is 0 Å². The number of hydrogen-bond acceptors (Lipinski definition) is 6. The predicted molar refractivity (Wildman–Crippen MR) is 104 cm³/mol. The van der Waals surface area contributed by atoms with E-state index < -0.39 is 11.7 Å². The highest BCUT2D eigenvalue weighted by Gasteiger charge is 2.34. The van der Waals surface area contributed by atoms with Crippen LogP contribution in [0.2, 0.25) is 0 Å². The summed E-state index contributed by atoms with van der Waals surface area (Å²) >= 11 is 0. The lowest BCUT2D eigenvalue weighted by atomic mass is 10.0. The average Bonchev–Trinajstić information content (AvgIpc) is 3.31. The van der Waals surface area contributed by atoms with Gasteiger partial charge in [0.25, 0.3) is 0 Å². The van der Waals surface area contributed by atoms with Crippen molar-refractivity contribution >= 4 is 22.1 Å². The first kappa shape index (κ1) is 20.1. The highest BCUT2D eigenvalue weighted by atomic mass is 19.4. The van der Waals surface area contributed by atoms with Gasteiger partial charge in [0.15, 0.2) is 0 Å². The van der Waals surface area contributed by atoms with Gasteiger partial charge in [0.2, 0.25) is 0 Å². The fourth-order valence-corrected chi connectivity index (χ4v) is 3.06. The Balaban J connectivity index is 0.000000152. The van der Waals surface area contributed by atoms with Crippen molar-refractivity contribution < 1.29 is 23.6 Å². The first-order valence-electron chi connectivity index (χ1n) is 9.01. The van der Waals surface area contributed by atoms with Crippen molar-refractivity contribution in [1.82, 2.24) is 30.3 Å². The second kappa shape index (κ2) is 7.94. The molecule has 0 fully saturated rings. The van der Waals surface area contributed by atoms with E-state index in [4.69, 9.17) is 5.21 Å². The minimum Gasteiger partial charge on any atom is -0.410 e. The lowest BCUT2D eigenvalue weighted by Crippen LogP contribution is -2.05. The molecule has 158 valence electrons. The minimum absolute atomic E-state index is 0.0696. The smallest absolute Gasteiger partial charge is 0.410 e. The normalized spacial score (nSPS) is 11.5. The molecule has 0 aliphatic rings. The van der Waals surface area contributed by atoms with E-state index >= 15 is 0 Å². The van der Waals surface area contributed by atoms with Crippen LogP contribution < -0.4 is 0 Å². The molecule has 0 radical (unpaired) electrons. The van der Waals surface area contributed by atoms with Crippen LogP contribution in [-0.2, 0) is 12.6 Å². The summed E-state index contributed by atoms with van der Waals surface area (Å²) < 4.78 is 37.1. The number of hydrogen-bond donors (Lipinski definition) is 2. The fourth-order valence-electron chi connectivity index (χ4n) is 3.06. The standard InChI is InChI=1S/C13H11N3O.C7H4F3N3O/c17-16-13-7-6-11(9-12(13)14-15-16)8-10-4-2-1-3-5-10;8-7(9,10)4-2-1-3-5-6(4)11-12-13(5)14/h1-7,9,17H,8H2;1-3,14H. The van der Waals surface area contributed by atoms with E-state index in [1.165, 1.54) is 17.7 Å². The van der Waals surface area contributed by atoms with Crippen LogP contribution in [0.15, 0.2) is 66.7 Å².